The minimum atomic E-state index is -0.392. The van der Waals surface area contributed by atoms with Gasteiger partial charge in [-0.3, -0.25) is 4.79 Å². The third-order valence-electron chi connectivity index (χ3n) is 5.30. The van der Waals surface area contributed by atoms with Gasteiger partial charge in [0.1, 0.15) is 6.17 Å². The first-order valence-corrected chi connectivity index (χ1v) is 8.26. The number of rotatable bonds is 3. The van der Waals surface area contributed by atoms with E-state index in [1.165, 1.54) is 5.56 Å². The summed E-state index contributed by atoms with van der Waals surface area (Å²) in [7, 11) is 0. The zero-order valence-corrected chi connectivity index (χ0v) is 13.4. The lowest BCUT2D eigenvalue weighted by Crippen LogP contribution is -2.32. The third-order valence-corrected chi connectivity index (χ3v) is 5.30. The molecular formula is C19H21N3O. The highest BCUT2D eigenvalue weighted by Gasteiger charge is 2.44. The average Bonchev–Trinajstić information content (AvgIpc) is 3.11. The molecule has 0 spiro atoms. The second kappa shape index (κ2) is 5.01. The summed E-state index contributed by atoms with van der Waals surface area (Å²) in [5.41, 5.74) is 4.98. The topological polar surface area (TPSA) is 53.2 Å². The van der Waals surface area contributed by atoms with Gasteiger partial charge in [0.25, 0.3) is 0 Å². The fourth-order valence-electron chi connectivity index (χ4n) is 3.81. The molecule has 0 saturated carbocycles. The fraction of sp³-hybridized carbons (Fsp3) is 0.316. The molecule has 4 nitrogen and oxygen atoms in total. The van der Waals surface area contributed by atoms with Gasteiger partial charge in [0.05, 0.1) is 16.8 Å². The number of fused-ring (bicyclic) bond motifs is 2. The standard InChI is InChI=1S/C19H21N3O/c1-3-19(4-2)13-10-15-16(11-14(13)22-18(19)23)21-17(20-15)12-8-6-5-7-9-12/h5-11,17,20-21H,3-4H2,1-2H3,(H,22,23). The molecule has 3 N–H and O–H groups in total. The minimum absolute atomic E-state index is 0.0714. The van der Waals surface area contributed by atoms with E-state index < -0.39 is 5.41 Å². The summed E-state index contributed by atoms with van der Waals surface area (Å²) in [6, 6.07) is 14.5. The molecule has 0 aromatic heterocycles. The van der Waals surface area contributed by atoms with Gasteiger partial charge in [-0.1, -0.05) is 44.2 Å². The van der Waals surface area contributed by atoms with Gasteiger partial charge in [-0.15, -0.1) is 0 Å². The minimum Gasteiger partial charge on any atom is -0.360 e. The van der Waals surface area contributed by atoms with Crippen molar-refractivity contribution in [2.75, 3.05) is 16.0 Å². The Hall–Kier alpha value is -2.49. The molecule has 2 aromatic rings. The lowest BCUT2D eigenvalue weighted by molar-refractivity contribution is -0.121. The maximum atomic E-state index is 12.5. The summed E-state index contributed by atoms with van der Waals surface area (Å²) in [5, 5.41) is 10.1. The van der Waals surface area contributed by atoms with Crippen LogP contribution in [-0.2, 0) is 10.2 Å². The van der Waals surface area contributed by atoms with E-state index in [0.717, 1.165) is 35.5 Å². The van der Waals surface area contributed by atoms with Crippen LogP contribution in [0.3, 0.4) is 0 Å². The van der Waals surface area contributed by atoms with Crippen molar-refractivity contribution in [3.8, 4) is 0 Å². The summed E-state index contributed by atoms with van der Waals surface area (Å²) >= 11 is 0. The second-order valence-electron chi connectivity index (χ2n) is 6.32. The van der Waals surface area contributed by atoms with Gasteiger partial charge < -0.3 is 16.0 Å². The average molecular weight is 307 g/mol. The van der Waals surface area contributed by atoms with E-state index in [1.54, 1.807) is 0 Å². The SMILES string of the molecule is CCC1(CC)C(=O)Nc2cc3c(cc21)NC(c1ccccc1)N3. The van der Waals surface area contributed by atoms with Gasteiger partial charge in [0.2, 0.25) is 5.91 Å². The number of carbonyl (C=O) groups excluding carboxylic acids is 1. The van der Waals surface area contributed by atoms with E-state index in [9.17, 15) is 4.79 Å². The molecule has 2 heterocycles. The zero-order chi connectivity index (χ0) is 16.0. The Morgan fingerprint density at radius 3 is 2.26 bits per heavy atom. The molecule has 2 aliphatic heterocycles. The van der Waals surface area contributed by atoms with E-state index in [1.807, 2.05) is 18.2 Å². The Kier molecular flexibility index (Phi) is 3.08. The number of carbonyl (C=O) groups is 1. The smallest absolute Gasteiger partial charge is 0.235 e. The molecular weight excluding hydrogens is 286 g/mol. The maximum Gasteiger partial charge on any atom is 0.235 e. The number of benzene rings is 2. The van der Waals surface area contributed by atoms with Crippen LogP contribution < -0.4 is 16.0 Å². The van der Waals surface area contributed by atoms with Crippen LogP contribution in [0.5, 0.6) is 0 Å². The largest absolute Gasteiger partial charge is 0.360 e. The monoisotopic (exact) mass is 307 g/mol. The van der Waals surface area contributed by atoms with Crippen molar-refractivity contribution < 1.29 is 4.79 Å². The van der Waals surface area contributed by atoms with Crippen LogP contribution in [0.15, 0.2) is 42.5 Å². The second-order valence-corrected chi connectivity index (χ2v) is 6.32. The summed E-state index contributed by atoms with van der Waals surface area (Å²) in [5.74, 6) is 0.126. The summed E-state index contributed by atoms with van der Waals surface area (Å²) in [6.45, 7) is 4.17. The van der Waals surface area contributed by atoms with E-state index in [2.05, 4.69) is 54.1 Å². The van der Waals surface area contributed by atoms with Gasteiger partial charge in [0, 0.05) is 5.69 Å². The van der Waals surface area contributed by atoms with E-state index in [-0.39, 0.29) is 12.1 Å². The fourth-order valence-corrected chi connectivity index (χ4v) is 3.81. The molecule has 23 heavy (non-hydrogen) atoms. The third kappa shape index (κ3) is 1.94. The van der Waals surface area contributed by atoms with Crippen molar-refractivity contribution in [1.29, 1.82) is 0 Å². The van der Waals surface area contributed by atoms with Crippen LogP contribution in [0, 0.1) is 0 Å². The molecule has 1 amide bonds. The molecule has 1 unspecified atom stereocenters. The Bertz CT molecular complexity index is 766. The molecule has 0 aliphatic carbocycles. The van der Waals surface area contributed by atoms with Crippen LogP contribution in [-0.4, -0.2) is 5.91 Å². The first-order valence-electron chi connectivity index (χ1n) is 8.26. The summed E-state index contributed by atoms with van der Waals surface area (Å²) in [6.07, 6.45) is 1.70. The lowest BCUT2D eigenvalue weighted by atomic mass is 9.77. The molecule has 0 fully saturated rings. The highest BCUT2D eigenvalue weighted by Crippen LogP contribution is 2.48. The van der Waals surface area contributed by atoms with Gasteiger partial charge in [0.15, 0.2) is 0 Å². The van der Waals surface area contributed by atoms with Crippen molar-refractivity contribution in [2.24, 2.45) is 0 Å². The molecule has 4 heteroatoms. The molecule has 2 aromatic carbocycles. The molecule has 2 aliphatic rings. The van der Waals surface area contributed by atoms with Gasteiger partial charge in [-0.05, 0) is 36.1 Å². The van der Waals surface area contributed by atoms with Crippen molar-refractivity contribution in [3.63, 3.8) is 0 Å². The predicted molar refractivity (Wildman–Crippen MR) is 93.8 cm³/mol. The Morgan fingerprint density at radius 2 is 1.61 bits per heavy atom. The van der Waals surface area contributed by atoms with Crippen LogP contribution >= 0.6 is 0 Å². The van der Waals surface area contributed by atoms with E-state index >= 15 is 0 Å². The highest BCUT2D eigenvalue weighted by atomic mass is 16.2. The number of amides is 1. The van der Waals surface area contributed by atoms with Crippen LogP contribution in [0.1, 0.15) is 44.0 Å². The van der Waals surface area contributed by atoms with Crippen LogP contribution in [0.25, 0.3) is 0 Å². The van der Waals surface area contributed by atoms with Gasteiger partial charge >= 0.3 is 0 Å². The number of nitrogens with one attached hydrogen (secondary N) is 3. The zero-order valence-electron chi connectivity index (χ0n) is 13.4. The first kappa shape index (κ1) is 14.1. The molecule has 1 atom stereocenters. The Labute approximate surface area is 136 Å². The predicted octanol–water partition coefficient (Wildman–Crippen LogP) is 4.23. The van der Waals surface area contributed by atoms with Gasteiger partial charge in [-0.25, -0.2) is 0 Å². The van der Waals surface area contributed by atoms with Crippen molar-refractivity contribution in [3.05, 3.63) is 53.6 Å². The maximum absolute atomic E-state index is 12.5. The summed E-state index contributed by atoms with van der Waals surface area (Å²) < 4.78 is 0. The van der Waals surface area contributed by atoms with Crippen LogP contribution in [0.4, 0.5) is 17.1 Å². The lowest BCUT2D eigenvalue weighted by Gasteiger charge is -2.24. The Morgan fingerprint density at radius 1 is 0.957 bits per heavy atom. The summed E-state index contributed by atoms with van der Waals surface area (Å²) in [4.78, 5) is 12.5. The molecule has 4 rings (SSSR count). The molecule has 0 bridgehead atoms. The van der Waals surface area contributed by atoms with Crippen molar-refractivity contribution in [1.82, 2.24) is 0 Å². The van der Waals surface area contributed by atoms with E-state index in [0.29, 0.717) is 0 Å². The van der Waals surface area contributed by atoms with E-state index in [4.69, 9.17) is 0 Å². The number of hydrogen-bond donors (Lipinski definition) is 3. The van der Waals surface area contributed by atoms with Crippen molar-refractivity contribution >= 4 is 23.0 Å². The molecule has 118 valence electrons. The normalized spacial score (nSPS) is 20.3. The quantitative estimate of drug-likeness (QED) is 0.795. The molecule has 0 saturated heterocycles. The highest BCUT2D eigenvalue weighted by molar-refractivity contribution is 6.07. The number of hydrogen-bond acceptors (Lipinski definition) is 3. The first-order chi connectivity index (χ1) is 11.2. The van der Waals surface area contributed by atoms with Crippen molar-refractivity contribution in [2.45, 2.75) is 38.3 Å². The number of anilines is 3. The van der Waals surface area contributed by atoms with Gasteiger partial charge in [-0.2, -0.15) is 0 Å². The Balaban J connectivity index is 1.73. The van der Waals surface area contributed by atoms with Crippen LogP contribution in [0.2, 0.25) is 0 Å². The molecule has 0 radical (unpaired) electrons.